The van der Waals surface area contributed by atoms with E-state index in [-0.39, 0.29) is 23.8 Å². The Bertz CT molecular complexity index is 811. The molecule has 0 amide bonds. The van der Waals surface area contributed by atoms with E-state index in [0.717, 1.165) is 25.3 Å². The van der Waals surface area contributed by atoms with Gasteiger partial charge in [-0.25, -0.2) is 0 Å². The van der Waals surface area contributed by atoms with Gasteiger partial charge in [-0.1, -0.05) is 111 Å². The minimum Gasteiger partial charge on any atom is -0.419 e. The lowest BCUT2D eigenvalue weighted by molar-refractivity contribution is -0.394. The van der Waals surface area contributed by atoms with Crippen molar-refractivity contribution >= 4 is 17.3 Å². The van der Waals surface area contributed by atoms with Crippen LogP contribution in [0.3, 0.4) is 0 Å². The van der Waals surface area contributed by atoms with Crippen LogP contribution in [-0.2, 0) is 4.79 Å². The van der Waals surface area contributed by atoms with Crippen LogP contribution in [0.2, 0.25) is 0 Å². The summed E-state index contributed by atoms with van der Waals surface area (Å²) in [5.74, 6) is -0.922. The minimum absolute atomic E-state index is 0.161. The van der Waals surface area contributed by atoms with Gasteiger partial charge in [0.05, 0.1) is 15.9 Å². The Labute approximate surface area is 216 Å². The highest BCUT2D eigenvalue weighted by Gasteiger charge is 2.29. The van der Waals surface area contributed by atoms with E-state index in [0.29, 0.717) is 18.4 Å². The summed E-state index contributed by atoms with van der Waals surface area (Å²) < 4.78 is 5.41. The van der Waals surface area contributed by atoms with E-state index in [1.165, 1.54) is 76.7 Å². The van der Waals surface area contributed by atoms with Crippen molar-refractivity contribution in [2.24, 2.45) is 0 Å². The molecule has 1 atom stereocenters. The van der Waals surface area contributed by atoms with Crippen molar-refractivity contribution in [3.63, 3.8) is 0 Å². The zero-order chi connectivity index (χ0) is 26.8. The van der Waals surface area contributed by atoms with E-state index >= 15 is 0 Å². The van der Waals surface area contributed by atoms with E-state index in [1.807, 2.05) is 6.92 Å². The van der Waals surface area contributed by atoms with Crippen LogP contribution in [0.4, 0.5) is 11.4 Å². The molecule has 0 aromatic heterocycles. The number of hydrogen-bond donors (Lipinski definition) is 0. The SMILES string of the molecule is CCCCCCCCCCCCCCCCCC(=O)Oc1c(C(C)CC)cc([N+](=O)[O-])cc1[N+](=O)[O-]. The molecule has 1 aromatic rings. The quantitative estimate of drug-likeness (QED) is 0.0540. The van der Waals surface area contributed by atoms with Gasteiger partial charge in [-0.05, 0) is 18.8 Å². The highest BCUT2D eigenvalue weighted by atomic mass is 16.6. The molecule has 0 saturated carbocycles. The van der Waals surface area contributed by atoms with E-state index in [4.69, 9.17) is 4.74 Å². The van der Waals surface area contributed by atoms with Crippen molar-refractivity contribution in [1.29, 1.82) is 0 Å². The molecule has 36 heavy (non-hydrogen) atoms. The van der Waals surface area contributed by atoms with Crippen molar-refractivity contribution in [1.82, 2.24) is 0 Å². The van der Waals surface area contributed by atoms with Crippen LogP contribution < -0.4 is 4.74 Å². The number of carbonyl (C=O) groups is 1. The Morgan fingerprint density at radius 1 is 0.778 bits per heavy atom. The van der Waals surface area contributed by atoms with Crippen molar-refractivity contribution in [2.75, 3.05) is 0 Å². The molecule has 8 nitrogen and oxygen atoms in total. The summed E-state index contributed by atoms with van der Waals surface area (Å²) in [6.45, 7) is 5.92. The number of nitro benzene ring substituents is 2. The van der Waals surface area contributed by atoms with E-state index in [2.05, 4.69) is 6.92 Å². The molecule has 1 aromatic carbocycles. The maximum absolute atomic E-state index is 12.4. The number of non-ortho nitro benzene ring substituents is 1. The molecule has 1 rings (SSSR count). The van der Waals surface area contributed by atoms with Gasteiger partial charge in [0.1, 0.15) is 0 Å². The molecular formula is C28H46N2O6. The van der Waals surface area contributed by atoms with Gasteiger partial charge in [0, 0.05) is 18.1 Å². The Balaban J connectivity index is 2.33. The molecule has 1 unspecified atom stereocenters. The van der Waals surface area contributed by atoms with Crippen molar-refractivity contribution in [3.8, 4) is 5.75 Å². The van der Waals surface area contributed by atoms with Gasteiger partial charge in [-0.2, -0.15) is 0 Å². The van der Waals surface area contributed by atoms with Crippen molar-refractivity contribution in [3.05, 3.63) is 37.9 Å². The maximum Gasteiger partial charge on any atom is 0.318 e. The first-order chi connectivity index (χ1) is 17.3. The van der Waals surface area contributed by atoms with E-state index < -0.39 is 21.5 Å². The fraction of sp³-hybridized carbons (Fsp3) is 0.750. The number of benzene rings is 1. The summed E-state index contributed by atoms with van der Waals surface area (Å²) in [5.41, 5.74) is -0.591. The zero-order valence-electron chi connectivity index (χ0n) is 22.6. The summed E-state index contributed by atoms with van der Waals surface area (Å²) in [4.78, 5) is 33.8. The molecule has 0 N–H and O–H groups in total. The number of nitro groups is 2. The second-order valence-electron chi connectivity index (χ2n) is 9.88. The number of ether oxygens (including phenoxy) is 1. The Morgan fingerprint density at radius 3 is 1.67 bits per heavy atom. The lowest BCUT2D eigenvalue weighted by Crippen LogP contribution is -2.12. The predicted octanol–water partition coefficient (Wildman–Crippen LogP) is 9.18. The smallest absolute Gasteiger partial charge is 0.318 e. The summed E-state index contributed by atoms with van der Waals surface area (Å²) >= 11 is 0. The van der Waals surface area contributed by atoms with Crippen LogP contribution >= 0.6 is 0 Å². The number of unbranched alkanes of at least 4 members (excludes halogenated alkanes) is 14. The van der Waals surface area contributed by atoms with Gasteiger partial charge >= 0.3 is 11.7 Å². The van der Waals surface area contributed by atoms with Crippen molar-refractivity contribution < 1.29 is 19.4 Å². The molecule has 0 aliphatic rings. The van der Waals surface area contributed by atoms with Crippen LogP contribution in [0.15, 0.2) is 12.1 Å². The third-order valence-electron chi connectivity index (χ3n) is 6.83. The number of carbonyl (C=O) groups excluding carboxylic acids is 1. The Morgan fingerprint density at radius 2 is 1.25 bits per heavy atom. The molecule has 0 spiro atoms. The van der Waals surface area contributed by atoms with Gasteiger partial charge in [-0.3, -0.25) is 25.0 Å². The van der Waals surface area contributed by atoms with Crippen molar-refractivity contribution in [2.45, 2.75) is 136 Å². The number of esters is 1. The average Bonchev–Trinajstić information content (AvgIpc) is 2.85. The van der Waals surface area contributed by atoms with Crippen LogP contribution in [0.25, 0.3) is 0 Å². The first-order valence-corrected chi connectivity index (χ1v) is 14.0. The minimum atomic E-state index is -0.727. The molecule has 204 valence electrons. The molecule has 0 heterocycles. The third kappa shape index (κ3) is 12.5. The molecule has 8 heteroatoms. The molecule has 0 radical (unpaired) electrons. The number of rotatable bonds is 21. The number of nitrogens with zero attached hydrogens (tertiary/aromatic N) is 2. The lowest BCUT2D eigenvalue weighted by Gasteiger charge is -2.15. The van der Waals surface area contributed by atoms with Gasteiger partial charge in [0.25, 0.3) is 5.69 Å². The van der Waals surface area contributed by atoms with E-state index in [1.54, 1.807) is 6.92 Å². The van der Waals surface area contributed by atoms with E-state index in [9.17, 15) is 25.0 Å². The standard InChI is InChI=1S/C28H46N2O6/c1-4-6-7-8-9-10-11-12-13-14-15-16-17-18-19-20-27(31)36-28-25(23(3)5-2)21-24(29(32)33)22-26(28)30(34)35/h21-23H,4-20H2,1-3H3. The molecule has 0 aliphatic carbocycles. The maximum atomic E-state index is 12.4. The predicted molar refractivity (Wildman–Crippen MR) is 144 cm³/mol. The lowest BCUT2D eigenvalue weighted by atomic mass is 9.96. The fourth-order valence-corrected chi connectivity index (χ4v) is 4.36. The van der Waals surface area contributed by atoms with Crippen LogP contribution in [0, 0.1) is 20.2 Å². The van der Waals surface area contributed by atoms with Crippen LogP contribution in [-0.4, -0.2) is 15.8 Å². The fourth-order valence-electron chi connectivity index (χ4n) is 4.36. The van der Waals surface area contributed by atoms with Gasteiger partial charge < -0.3 is 4.74 Å². The normalized spacial score (nSPS) is 11.9. The topological polar surface area (TPSA) is 113 Å². The first-order valence-electron chi connectivity index (χ1n) is 14.0. The second-order valence-corrected chi connectivity index (χ2v) is 9.88. The molecule has 0 saturated heterocycles. The molecule has 0 aliphatic heterocycles. The highest BCUT2D eigenvalue weighted by molar-refractivity contribution is 5.75. The summed E-state index contributed by atoms with van der Waals surface area (Å²) in [6, 6.07) is 2.14. The Kier molecular flexibility index (Phi) is 16.4. The first kappa shape index (κ1) is 31.5. The van der Waals surface area contributed by atoms with Crippen LogP contribution in [0.5, 0.6) is 5.75 Å². The monoisotopic (exact) mass is 506 g/mol. The molecular weight excluding hydrogens is 460 g/mol. The Hall–Kier alpha value is -2.51. The van der Waals surface area contributed by atoms with Gasteiger partial charge in [0.2, 0.25) is 5.75 Å². The largest absolute Gasteiger partial charge is 0.419 e. The highest BCUT2D eigenvalue weighted by Crippen LogP contribution is 2.40. The second kappa shape index (κ2) is 18.7. The van der Waals surface area contributed by atoms with Gasteiger partial charge in [-0.15, -0.1) is 0 Å². The van der Waals surface area contributed by atoms with Gasteiger partial charge in [0.15, 0.2) is 0 Å². The van der Waals surface area contributed by atoms with Crippen LogP contribution in [0.1, 0.15) is 141 Å². The summed E-state index contributed by atoms with van der Waals surface area (Å²) in [5, 5.41) is 22.8. The summed E-state index contributed by atoms with van der Waals surface area (Å²) in [6.07, 6.45) is 19.2. The molecule has 0 bridgehead atoms. The summed E-state index contributed by atoms with van der Waals surface area (Å²) in [7, 11) is 0. The zero-order valence-corrected chi connectivity index (χ0v) is 22.6. The average molecular weight is 507 g/mol. The molecule has 0 fully saturated rings. The third-order valence-corrected chi connectivity index (χ3v) is 6.83. The number of hydrogen-bond acceptors (Lipinski definition) is 6.